The Morgan fingerprint density at radius 2 is 2.00 bits per heavy atom. The van der Waals surface area contributed by atoms with Crippen molar-refractivity contribution in [3.05, 3.63) is 42.0 Å². The quantitative estimate of drug-likeness (QED) is 0.855. The Morgan fingerprint density at radius 1 is 1.18 bits per heavy atom. The van der Waals surface area contributed by atoms with Gasteiger partial charge >= 0.3 is 0 Å². The number of nitrogens with two attached hydrogens (primary N) is 1. The van der Waals surface area contributed by atoms with E-state index in [2.05, 4.69) is 24.3 Å². The van der Waals surface area contributed by atoms with E-state index in [1.54, 1.807) is 7.11 Å². The van der Waals surface area contributed by atoms with E-state index in [4.69, 9.17) is 10.5 Å². The molecule has 3 rings (SSSR count). The predicted molar refractivity (Wildman–Crippen MR) is 70.2 cm³/mol. The first-order valence-corrected chi connectivity index (χ1v) is 6.09. The van der Waals surface area contributed by atoms with Crippen LogP contribution < -0.4 is 10.5 Å². The van der Waals surface area contributed by atoms with Crippen LogP contribution in [0.4, 0.5) is 0 Å². The summed E-state index contributed by atoms with van der Waals surface area (Å²) in [5.41, 5.74) is 7.50. The zero-order valence-corrected chi connectivity index (χ0v) is 10.1. The molecule has 0 atom stereocenters. The first-order valence-electron chi connectivity index (χ1n) is 6.09. The van der Waals surface area contributed by atoms with Crippen LogP contribution in [0.3, 0.4) is 0 Å². The van der Waals surface area contributed by atoms with Crippen LogP contribution in [0.15, 0.2) is 36.4 Å². The summed E-state index contributed by atoms with van der Waals surface area (Å²) in [7, 11) is 1.71. The number of rotatable bonds is 2. The molecule has 88 valence electrons. The number of hydrogen-bond donors (Lipinski definition) is 1. The number of fused-ring (bicyclic) bond motifs is 1. The molecule has 0 unspecified atom stereocenters. The van der Waals surface area contributed by atoms with Gasteiger partial charge in [0.2, 0.25) is 0 Å². The van der Waals surface area contributed by atoms with Crippen molar-refractivity contribution < 1.29 is 4.74 Å². The first kappa shape index (κ1) is 10.6. The van der Waals surface area contributed by atoms with Crippen molar-refractivity contribution in [2.75, 3.05) is 7.11 Å². The van der Waals surface area contributed by atoms with E-state index in [-0.39, 0.29) is 5.54 Å². The lowest BCUT2D eigenvalue weighted by Gasteiger charge is -2.38. The van der Waals surface area contributed by atoms with E-state index in [9.17, 15) is 0 Å². The number of methoxy groups -OCH3 is 1. The highest BCUT2D eigenvalue weighted by molar-refractivity contribution is 5.89. The second-order valence-electron chi connectivity index (χ2n) is 4.91. The highest BCUT2D eigenvalue weighted by atomic mass is 16.5. The van der Waals surface area contributed by atoms with E-state index < -0.39 is 0 Å². The highest BCUT2D eigenvalue weighted by Gasteiger charge is 2.34. The number of ether oxygens (including phenoxy) is 1. The van der Waals surface area contributed by atoms with E-state index in [1.807, 2.05) is 12.1 Å². The lowest BCUT2D eigenvalue weighted by Crippen LogP contribution is -2.43. The molecule has 2 N–H and O–H groups in total. The molecular weight excluding hydrogens is 210 g/mol. The molecule has 1 aliphatic carbocycles. The van der Waals surface area contributed by atoms with Gasteiger partial charge in [0.05, 0.1) is 7.11 Å². The van der Waals surface area contributed by atoms with Crippen LogP contribution in [-0.4, -0.2) is 7.11 Å². The average Bonchev–Trinajstić information content (AvgIpc) is 2.34. The molecule has 0 aromatic heterocycles. The molecule has 0 radical (unpaired) electrons. The molecule has 2 heteroatoms. The maximum atomic E-state index is 6.37. The largest absolute Gasteiger partial charge is 0.496 e. The summed E-state index contributed by atoms with van der Waals surface area (Å²) in [5.74, 6) is 0.923. The molecule has 0 spiro atoms. The van der Waals surface area contributed by atoms with Crippen LogP contribution in [-0.2, 0) is 5.54 Å². The molecule has 0 saturated heterocycles. The third kappa shape index (κ3) is 1.60. The van der Waals surface area contributed by atoms with Gasteiger partial charge in [0.15, 0.2) is 0 Å². The summed E-state index contributed by atoms with van der Waals surface area (Å²) in [5, 5.41) is 2.36. The third-order valence-corrected chi connectivity index (χ3v) is 3.88. The smallest absolute Gasteiger partial charge is 0.126 e. The Labute approximate surface area is 101 Å². The SMILES string of the molecule is COc1cccc2ccc(C3(N)CCC3)cc12. The molecule has 0 heterocycles. The Kier molecular flexibility index (Phi) is 2.33. The molecule has 2 aromatic rings. The van der Waals surface area contributed by atoms with Gasteiger partial charge in [0.25, 0.3) is 0 Å². The molecule has 2 nitrogen and oxygen atoms in total. The normalized spacial score (nSPS) is 17.8. The predicted octanol–water partition coefficient (Wildman–Crippen LogP) is 3.19. The van der Waals surface area contributed by atoms with Crippen LogP contribution in [0.1, 0.15) is 24.8 Å². The minimum Gasteiger partial charge on any atom is -0.496 e. The molecule has 1 fully saturated rings. The lowest BCUT2D eigenvalue weighted by atomic mass is 9.72. The fraction of sp³-hybridized carbons (Fsp3) is 0.333. The molecule has 17 heavy (non-hydrogen) atoms. The summed E-state index contributed by atoms with van der Waals surface area (Å²) in [6.07, 6.45) is 3.42. The highest BCUT2D eigenvalue weighted by Crippen LogP contribution is 2.40. The van der Waals surface area contributed by atoms with Crippen LogP contribution in [0, 0.1) is 0 Å². The summed E-state index contributed by atoms with van der Waals surface area (Å²) in [4.78, 5) is 0. The maximum absolute atomic E-state index is 6.37. The van der Waals surface area contributed by atoms with Gasteiger partial charge in [-0.05, 0) is 42.3 Å². The Hall–Kier alpha value is -1.54. The van der Waals surface area contributed by atoms with Crippen molar-refractivity contribution in [1.82, 2.24) is 0 Å². The van der Waals surface area contributed by atoms with Gasteiger partial charge in [-0.3, -0.25) is 0 Å². The fourth-order valence-electron chi connectivity index (χ4n) is 2.58. The van der Waals surface area contributed by atoms with E-state index in [0.717, 1.165) is 24.0 Å². The van der Waals surface area contributed by atoms with Gasteiger partial charge in [-0.25, -0.2) is 0 Å². The third-order valence-electron chi connectivity index (χ3n) is 3.88. The minimum atomic E-state index is -0.102. The van der Waals surface area contributed by atoms with Crippen LogP contribution in [0.2, 0.25) is 0 Å². The van der Waals surface area contributed by atoms with Crippen LogP contribution in [0.5, 0.6) is 5.75 Å². The summed E-state index contributed by atoms with van der Waals surface area (Å²) < 4.78 is 5.41. The zero-order chi connectivity index (χ0) is 11.9. The monoisotopic (exact) mass is 227 g/mol. The fourth-order valence-corrected chi connectivity index (χ4v) is 2.58. The van der Waals surface area contributed by atoms with E-state index >= 15 is 0 Å². The summed E-state index contributed by atoms with van der Waals surface area (Å²) in [6, 6.07) is 12.6. The first-order chi connectivity index (χ1) is 8.23. The van der Waals surface area contributed by atoms with Crippen LogP contribution in [0.25, 0.3) is 10.8 Å². The molecular formula is C15H17NO. The molecule has 1 saturated carbocycles. The van der Waals surface area contributed by atoms with E-state index in [0.29, 0.717) is 0 Å². The van der Waals surface area contributed by atoms with Crippen molar-refractivity contribution in [1.29, 1.82) is 0 Å². The van der Waals surface area contributed by atoms with Gasteiger partial charge in [-0.15, -0.1) is 0 Å². The molecule has 0 amide bonds. The Balaban J connectivity index is 2.17. The van der Waals surface area contributed by atoms with Gasteiger partial charge < -0.3 is 10.5 Å². The van der Waals surface area contributed by atoms with Crippen molar-refractivity contribution in [2.45, 2.75) is 24.8 Å². The summed E-state index contributed by atoms with van der Waals surface area (Å²) in [6.45, 7) is 0. The standard InChI is InChI=1S/C15H17NO/c1-17-14-5-2-4-11-6-7-12(10-13(11)14)15(16)8-3-9-15/h2,4-7,10H,3,8-9,16H2,1H3. The van der Waals surface area contributed by atoms with E-state index in [1.165, 1.54) is 17.4 Å². The molecule has 2 aromatic carbocycles. The molecule has 0 aliphatic heterocycles. The Morgan fingerprint density at radius 3 is 2.65 bits per heavy atom. The van der Waals surface area contributed by atoms with Crippen molar-refractivity contribution in [3.63, 3.8) is 0 Å². The zero-order valence-electron chi connectivity index (χ0n) is 10.1. The average molecular weight is 227 g/mol. The van der Waals surface area contributed by atoms with Crippen molar-refractivity contribution in [3.8, 4) is 5.75 Å². The second kappa shape index (κ2) is 3.74. The lowest BCUT2D eigenvalue weighted by molar-refractivity contribution is 0.254. The number of hydrogen-bond acceptors (Lipinski definition) is 2. The Bertz CT molecular complexity index is 558. The summed E-state index contributed by atoms with van der Waals surface area (Å²) >= 11 is 0. The van der Waals surface area contributed by atoms with Crippen molar-refractivity contribution >= 4 is 10.8 Å². The van der Waals surface area contributed by atoms with Crippen LogP contribution >= 0.6 is 0 Å². The van der Waals surface area contributed by atoms with Gasteiger partial charge in [0, 0.05) is 10.9 Å². The van der Waals surface area contributed by atoms with Gasteiger partial charge in [-0.1, -0.05) is 24.3 Å². The number of benzene rings is 2. The second-order valence-corrected chi connectivity index (χ2v) is 4.91. The topological polar surface area (TPSA) is 35.2 Å². The van der Waals surface area contributed by atoms with Crippen molar-refractivity contribution in [2.24, 2.45) is 5.73 Å². The van der Waals surface area contributed by atoms with Gasteiger partial charge in [0.1, 0.15) is 5.75 Å². The minimum absolute atomic E-state index is 0.102. The molecule has 0 bridgehead atoms. The van der Waals surface area contributed by atoms with Gasteiger partial charge in [-0.2, -0.15) is 0 Å². The maximum Gasteiger partial charge on any atom is 0.126 e. The molecule has 1 aliphatic rings.